The van der Waals surface area contributed by atoms with Gasteiger partial charge in [0.15, 0.2) is 0 Å². The summed E-state index contributed by atoms with van der Waals surface area (Å²) in [6.07, 6.45) is 1.21. The Morgan fingerprint density at radius 3 is 2.07 bits per heavy atom. The lowest BCUT2D eigenvalue weighted by Gasteiger charge is -2.27. The summed E-state index contributed by atoms with van der Waals surface area (Å²) in [5.74, 6) is 0.725. The number of rotatable bonds is 3. The van der Waals surface area contributed by atoms with Crippen molar-refractivity contribution in [2.24, 2.45) is 5.92 Å². The van der Waals surface area contributed by atoms with Crippen LogP contribution in [0.4, 0.5) is 5.69 Å². The van der Waals surface area contributed by atoms with Crippen LogP contribution in [-0.4, -0.2) is 0 Å². The first kappa shape index (κ1) is 11.1. The van der Waals surface area contributed by atoms with E-state index in [1.165, 1.54) is 12.0 Å². The molecule has 0 unspecified atom stereocenters. The van der Waals surface area contributed by atoms with Crippen molar-refractivity contribution in [2.45, 2.75) is 39.5 Å². The Labute approximate surface area is 87.3 Å². The zero-order valence-corrected chi connectivity index (χ0v) is 9.67. The molecule has 1 rings (SSSR count). The number of nitrogen functional groups attached to an aromatic ring is 1. The summed E-state index contributed by atoms with van der Waals surface area (Å²) in [6, 6.07) is 8.24. The van der Waals surface area contributed by atoms with Gasteiger partial charge in [-0.05, 0) is 35.4 Å². The third-order valence-corrected chi connectivity index (χ3v) is 2.61. The molecule has 0 aliphatic carbocycles. The normalized spacial score (nSPS) is 12.1. The van der Waals surface area contributed by atoms with Crippen molar-refractivity contribution in [3.8, 4) is 0 Å². The average molecular weight is 191 g/mol. The molecule has 0 spiro atoms. The second-order valence-electron chi connectivity index (χ2n) is 5.10. The van der Waals surface area contributed by atoms with E-state index in [1.54, 1.807) is 0 Å². The Hall–Kier alpha value is -0.980. The molecule has 0 fully saturated rings. The largest absolute Gasteiger partial charge is 0.399 e. The van der Waals surface area contributed by atoms with Crippen molar-refractivity contribution in [3.05, 3.63) is 29.8 Å². The van der Waals surface area contributed by atoms with Crippen LogP contribution >= 0.6 is 0 Å². The van der Waals surface area contributed by atoms with E-state index in [0.717, 1.165) is 11.6 Å². The highest BCUT2D eigenvalue weighted by atomic mass is 14.5. The summed E-state index contributed by atoms with van der Waals surface area (Å²) < 4.78 is 0. The molecule has 0 aliphatic heterocycles. The van der Waals surface area contributed by atoms with Crippen molar-refractivity contribution >= 4 is 5.69 Å². The Balaban J connectivity index is 2.86. The van der Waals surface area contributed by atoms with Gasteiger partial charge in [-0.3, -0.25) is 0 Å². The molecule has 0 saturated carbocycles. The van der Waals surface area contributed by atoms with Crippen LogP contribution in [0.3, 0.4) is 0 Å². The van der Waals surface area contributed by atoms with E-state index in [0.29, 0.717) is 0 Å². The Morgan fingerprint density at radius 2 is 1.64 bits per heavy atom. The zero-order valence-electron chi connectivity index (χ0n) is 9.67. The predicted molar refractivity (Wildman–Crippen MR) is 63.3 cm³/mol. The SMILES string of the molecule is CC(C)CC(C)(C)c1ccc(N)cc1. The molecule has 1 aromatic carbocycles. The lowest BCUT2D eigenvalue weighted by molar-refractivity contribution is 0.400. The smallest absolute Gasteiger partial charge is 0.0314 e. The van der Waals surface area contributed by atoms with Crippen LogP contribution < -0.4 is 5.73 Å². The van der Waals surface area contributed by atoms with Gasteiger partial charge in [0, 0.05) is 5.69 Å². The van der Waals surface area contributed by atoms with Crippen LogP contribution in [0.1, 0.15) is 39.7 Å². The van der Waals surface area contributed by atoms with Crippen LogP contribution in [0, 0.1) is 5.92 Å². The van der Waals surface area contributed by atoms with Crippen LogP contribution in [0.25, 0.3) is 0 Å². The molecule has 0 amide bonds. The summed E-state index contributed by atoms with van der Waals surface area (Å²) >= 11 is 0. The molecule has 0 aromatic heterocycles. The van der Waals surface area contributed by atoms with Gasteiger partial charge in [-0.15, -0.1) is 0 Å². The summed E-state index contributed by atoms with van der Waals surface area (Å²) in [4.78, 5) is 0. The molecule has 1 aromatic rings. The maximum atomic E-state index is 5.67. The zero-order chi connectivity index (χ0) is 10.8. The fourth-order valence-corrected chi connectivity index (χ4v) is 2.07. The molecule has 78 valence electrons. The van der Waals surface area contributed by atoms with Gasteiger partial charge in [-0.25, -0.2) is 0 Å². The second kappa shape index (κ2) is 4.04. The predicted octanol–water partition coefficient (Wildman–Crippen LogP) is 3.59. The Morgan fingerprint density at radius 1 is 1.14 bits per heavy atom. The molecule has 0 aliphatic rings. The van der Waals surface area contributed by atoms with Crippen LogP contribution in [0.5, 0.6) is 0 Å². The monoisotopic (exact) mass is 191 g/mol. The average Bonchev–Trinajstić information content (AvgIpc) is 2.02. The summed E-state index contributed by atoms with van der Waals surface area (Å²) in [5.41, 5.74) is 8.14. The first-order chi connectivity index (χ1) is 6.42. The van der Waals surface area contributed by atoms with E-state index in [1.807, 2.05) is 12.1 Å². The molecule has 0 saturated heterocycles. The molecular weight excluding hydrogens is 170 g/mol. The van der Waals surface area contributed by atoms with E-state index in [9.17, 15) is 0 Å². The van der Waals surface area contributed by atoms with Gasteiger partial charge in [0.05, 0.1) is 0 Å². The van der Waals surface area contributed by atoms with Gasteiger partial charge in [0.1, 0.15) is 0 Å². The first-order valence-electron chi connectivity index (χ1n) is 5.28. The van der Waals surface area contributed by atoms with Crippen molar-refractivity contribution in [1.29, 1.82) is 0 Å². The number of nitrogens with two attached hydrogens (primary N) is 1. The van der Waals surface area contributed by atoms with Crippen LogP contribution in [-0.2, 0) is 5.41 Å². The van der Waals surface area contributed by atoms with Crippen molar-refractivity contribution in [2.75, 3.05) is 5.73 Å². The van der Waals surface area contributed by atoms with Gasteiger partial charge in [0.25, 0.3) is 0 Å². The third-order valence-electron chi connectivity index (χ3n) is 2.61. The van der Waals surface area contributed by atoms with E-state index in [2.05, 4.69) is 39.8 Å². The summed E-state index contributed by atoms with van der Waals surface area (Å²) in [5, 5.41) is 0. The van der Waals surface area contributed by atoms with Crippen molar-refractivity contribution in [3.63, 3.8) is 0 Å². The van der Waals surface area contributed by atoms with Gasteiger partial charge in [0.2, 0.25) is 0 Å². The third kappa shape index (κ3) is 2.76. The molecule has 0 heterocycles. The first-order valence-corrected chi connectivity index (χ1v) is 5.28. The second-order valence-corrected chi connectivity index (χ2v) is 5.10. The topological polar surface area (TPSA) is 26.0 Å². The van der Waals surface area contributed by atoms with Crippen molar-refractivity contribution < 1.29 is 0 Å². The van der Waals surface area contributed by atoms with Gasteiger partial charge < -0.3 is 5.73 Å². The van der Waals surface area contributed by atoms with Crippen LogP contribution in [0.15, 0.2) is 24.3 Å². The fraction of sp³-hybridized carbons (Fsp3) is 0.538. The number of hydrogen-bond acceptors (Lipinski definition) is 1. The van der Waals surface area contributed by atoms with Crippen molar-refractivity contribution in [1.82, 2.24) is 0 Å². The van der Waals surface area contributed by atoms with Crippen LogP contribution in [0.2, 0.25) is 0 Å². The highest BCUT2D eigenvalue weighted by Crippen LogP contribution is 2.30. The fourth-order valence-electron chi connectivity index (χ4n) is 2.07. The summed E-state index contributed by atoms with van der Waals surface area (Å²) in [7, 11) is 0. The standard InChI is InChI=1S/C13H21N/c1-10(2)9-13(3,4)11-5-7-12(14)8-6-11/h5-8,10H,9,14H2,1-4H3. The van der Waals surface area contributed by atoms with E-state index < -0.39 is 0 Å². The molecule has 0 atom stereocenters. The number of benzene rings is 1. The van der Waals surface area contributed by atoms with E-state index in [4.69, 9.17) is 5.73 Å². The molecule has 14 heavy (non-hydrogen) atoms. The molecule has 1 nitrogen and oxygen atoms in total. The minimum atomic E-state index is 0.252. The lowest BCUT2D eigenvalue weighted by Crippen LogP contribution is -2.19. The molecule has 0 bridgehead atoms. The highest BCUT2D eigenvalue weighted by molar-refractivity contribution is 5.41. The number of hydrogen-bond donors (Lipinski definition) is 1. The van der Waals surface area contributed by atoms with Gasteiger partial charge in [-0.2, -0.15) is 0 Å². The van der Waals surface area contributed by atoms with Gasteiger partial charge in [-0.1, -0.05) is 39.8 Å². The number of anilines is 1. The minimum absolute atomic E-state index is 0.252. The maximum absolute atomic E-state index is 5.67. The van der Waals surface area contributed by atoms with E-state index in [-0.39, 0.29) is 5.41 Å². The molecule has 1 heteroatoms. The molecule has 0 radical (unpaired) electrons. The van der Waals surface area contributed by atoms with E-state index >= 15 is 0 Å². The highest BCUT2D eigenvalue weighted by Gasteiger charge is 2.21. The quantitative estimate of drug-likeness (QED) is 0.726. The summed E-state index contributed by atoms with van der Waals surface area (Å²) in [6.45, 7) is 9.11. The maximum Gasteiger partial charge on any atom is 0.0314 e. The molecular formula is C13H21N. The van der Waals surface area contributed by atoms with Gasteiger partial charge >= 0.3 is 0 Å². The lowest BCUT2D eigenvalue weighted by atomic mass is 9.78. The Bertz CT molecular complexity index is 283. The minimum Gasteiger partial charge on any atom is -0.399 e. The Kier molecular flexibility index (Phi) is 3.20. The molecule has 2 N–H and O–H groups in total.